The van der Waals surface area contributed by atoms with Crippen LogP contribution in [0.15, 0.2) is 60.7 Å². The first-order valence-electron chi connectivity index (χ1n) is 15.4. The number of benzene rings is 2. The zero-order valence-electron chi connectivity index (χ0n) is 24.4. The van der Waals surface area contributed by atoms with Crippen LogP contribution >= 0.6 is 0 Å². The van der Waals surface area contributed by atoms with Crippen LogP contribution in [0, 0.1) is 0 Å². The average molecular weight is 555 g/mol. The molecule has 3 rings (SSSR count). The molecule has 2 aromatic rings. The monoisotopic (exact) mass is 554 g/mol. The Bertz CT molecular complexity index is 835. The third kappa shape index (κ3) is 14.8. The second-order valence-corrected chi connectivity index (χ2v) is 12.4. The van der Waals surface area contributed by atoms with E-state index in [9.17, 15) is 0 Å². The van der Waals surface area contributed by atoms with Crippen molar-refractivity contribution in [3.05, 3.63) is 71.8 Å². The van der Waals surface area contributed by atoms with E-state index in [1.807, 2.05) is 12.1 Å². The largest absolute Gasteiger partial charge is 0.632 e. The first-order valence-corrected chi connectivity index (χ1v) is 16.8. The van der Waals surface area contributed by atoms with Crippen molar-refractivity contribution in [2.75, 3.05) is 13.2 Å². The lowest BCUT2D eigenvalue weighted by atomic mass is 10.00. The fourth-order valence-corrected chi connectivity index (χ4v) is 6.81. The normalized spacial score (nSPS) is 17.8. The fraction of sp³-hybridized carbons (Fsp3) is 0.636. The van der Waals surface area contributed by atoms with Crippen molar-refractivity contribution in [1.82, 2.24) is 0 Å². The van der Waals surface area contributed by atoms with E-state index in [0.29, 0.717) is 6.61 Å². The number of rotatable bonds is 22. The Morgan fingerprint density at radius 3 is 1.44 bits per heavy atom. The topological polar surface area (TPSA) is 46.2 Å². The number of hydrogen-bond acceptors (Lipinski definition) is 5. The van der Waals surface area contributed by atoms with Crippen LogP contribution in [0.2, 0.25) is 0 Å². The third-order valence-corrected chi connectivity index (χ3v) is 9.06. The smallest absolute Gasteiger partial charge is 0.559 e. The minimum atomic E-state index is -2.00. The van der Waals surface area contributed by atoms with Crippen molar-refractivity contribution < 1.29 is 20.8 Å². The zero-order chi connectivity index (χ0) is 27.4. The van der Waals surface area contributed by atoms with Crippen LogP contribution in [0.4, 0.5) is 0 Å². The van der Waals surface area contributed by atoms with Crippen molar-refractivity contribution in [3.8, 4) is 0 Å². The Balaban J connectivity index is 1.19. The summed E-state index contributed by atoms with van der Waals surface area (Å²) in [5.74, 6) is 0. The van der Waals surface area contributed by atoms with E-state index in [0.717, 1.165) is 45.5 Å². The Morgan fingerprint density at radius 2 is 1.00 bits per heavy atom. The molecule has 1 heterocycles. The Hall–Kier alpha value is -1.23. The Labute approximate surface area is 242 Å². The third-order valence-electron chi connectivity index (χ3n) is 7.15. The summed E-state index contributed by atoms with van der Waals surface area (Å²) in [4.78, 5) is 0. The summed E-state index contributed by atoms with van der Waals surface area (Å²) >= 11 is -2.00. The maximum atomic E-state index is 6.30. The molecule has 0 N–H and O–H groups in total. The Morgan fingerprint density at radius 1 is 0.590 bits per heavy atom. The molecular weight excluding hydrogens is 503 g/mol. The van der Waals surface area contributed by atoms with E-state index in [1.54, 1.807) is 0 Å². The maximum Gasteiger partial charge on any atom is 0.559 e. The molecule has 0 unspecified atom stereocenters. The first-order chi connectivity index (χ1) is 19.2. The van der Waals surface area contributed by atoms with Gasteiger partial charge in [0.1, 0.15) is 0 Å². The predicted octanol–water partition coefficient (Wildman–Crippen LogP) is 8.30. The molecule has 1 radical (unpaired) electrons. The van der Waals surface area contributed by atoms with Gasteiger partial charge in [-0.05, 0) is 56.8 Å². The quantitative estimate of drug-likeness (QED) is 0.108. The van der Waals surface area contributed by atoms with Crippen LogP contribution in [0.5, 0.6) is 0 Å². The fourth-order valence-electron chi connectivity index (χ4n) is 4.98. The van der Waals surface area contributed by atoms with Crippen LogP contribution in [-0.2, 0) is 34.1 Å². The summed E-state index contributed by atoms with van der Waals surface area (Å²) in [6.45, 7) is 7.24. The van der Waals surface area contributed by atoms with Gasteiger partial charge < -0.3 is 20.8 Å². The van der Waals surface area contributed by atoms with Crippen LogP contribution in [0.1, 0.15) is 102 Å². The van der Waals surface area contributed by atoms with E-state index in [-0.39, 0.29) is 18.3 Å². The number of hydrogen-bond donors (Lipinski definition) is 0. The van der Waals surface area contributed by atoms with Gasteiger partial charge in [0.2, 0.25) is 0 Å². The van der Waals surface area contributed by atoms with Gasteiger partial charge >= 0.3 is 15.1 Å². The summed E-state index contributed by atoms with van der Waals surface area (Å²) in [5.41, 5.74) is 2.50. The van der Waals surface area contributed by atoms with Crippen molar-refractivity contribution in [2.45, 2.75) is 122 Å². The lowest BCUT2D eigenvalue weighted by molar-refractivity contribution is 0.115. The Kier molecular flexibility index (Phi) is 17.1. The van der Waals surface area contributed by atoms with Gasteiger partial charge in [-0.2, -0.15) is 0 Å². The minimum absolute atomic E-state index is 0.161. The second-order valence-electron chi connectivity index (χ2n) is 11.0. The van der Waals surface area contributed by atoms with Crippen molar-refractivity contribution in [1.29, 1.82) is 0 Å². The van der Waals surface area contributed by atoms with Gasteiger partial charge in [-0.15, -0.1) is 0 Å². The SMILES string of the molecule is CC(C)[O][Al-]1[O][C@@H](CCCCCCCCOCc2ccccc2)[C@@H](CCCCCCOCc2ccccc2)[O]1. The highest BCUT2D eigenvalue weighted by atomic mass is 27.3. The standard InChI is InChI=1S/C30H44O4.C3H7O.Al/c31-29(21-13-3-1-2-5-15-23-33-25-27-17-9-7-10-18-27)30(32)22-14-4-6-16-24-34-26-28-19-11-8-12-20-28;1-3(2)4;/h7-12,17-20,29-30H,1-6,13-16,21-26H2;3H,1-2H3;/q-2;-1;+2/t29-,30+;;/m0../s1. The molecule has 39 heavy (non-hydrogen) atoms. The molecule has 0 spiro atoms. The van der Waals surface area contributed by atoms with Crippen LogP contribution in [0.25, 0.3) is 0 Å². The molecule has 1 aliphatic heterocycles. The number of unbranched alkanes of at least 4 members (excludes halogenated alkanes) is 8. The van der Waals surface area contributed by atoms with E-state index in [1.165, 1.54) is 62.5 Å². The van der Waals surface area contributed by atoms with Gasteiger partial charge in [0.05, 0.1) is 13.2 Å². The van der Waals surface area contributed by atoms with E-state index >= 15 is 0 Å². The predicted molar refractivity (Wildman–Crippen MR) is 159 cm³/mol. The molecule has 0 saturated carbocycles. The lowest BCUT2D eigenvalue weighted by Gasteiger charge is -2.24. The highest BCUT2D eigenvalue weighted by Crippen LogP contribution is 2.27. The molecule has 0 aromatic heterocycles. The summed E-state index contributed by atoms with van der Waals surface area (Å²) < 4.78 is 30.2. The summed E-state index contributed by atoms with van der Waals surface area (Å²) in [7, 11) is 0. The van der Waals surface area contributed by atoms with E-state index in [2.05, 4.69) is 62.4 Å². The molecule has 0 bridgehead atoms. The van der Waals surface area contributed by atoms with Crippen LogP contribution in [-0.4, -0.2) is 46.7 Å². The molecule has 1 saturated heterocycles. The molecule has 1 aliphatic rings. The van der Waals surface area contributed by atoms with Gasteiger partial charge in [0, 0.05) is 25.4 Å². The highest BCUT2D eigenvalue weighted by Gasteiger charge is 2.31. The molecule has 6 heteroatoms. The van der Waals surface area contributed by atoms with Crippen molar-refractivity contribution in [3.63, 3.8) is 0 Å². The molecular formula is C33H51AlO5-. The average Bonchev–Trinajstić information content (AvgIpc) is 3.32. The maximum absolute atomic E-state index is 6.30. The summed E-state index contributed by atoms with van der Waals surface area (Å²) in [6.07, 6.45) is 14.9. The van der Waals surface area contributed by atoms with Gasteiger partial charge in [-0.1, -0.05) is 112 Å². The van der Waals surface area contributed by atoms with Gasteiger partial charge in [-0.3, -0.25) is 0 Å². The molecule has 2 atom stereocenters. The van der Waals surface area contributed by atoms with Crippen LogP contribution < -0.4 is 0 Å². The number of ether oxygens (including phenoxy) is 2. The van der Waals surface area contributed by atoms with Gasteiger partial charge in [0.25, 0.3) is 0 Å². The molecule has 0 amide bonds. The van der Waals surface area contributed by atoms with E-state index in [4.69, 9.17) is 20.8 Å². The molecule has 5 nitrogen and oxygen atoms in total. The van der Waals surface area contributed by atoms with E-state index < -0.39 is 15.1 Å². The second kappa shape index (κ2) is 20.6. The van der Waals surface area contributed by atoms with Crippen molar-refractivity contribution in [2.24, 2.45) is 0 Å². The van der Waals surface area contributed by atoms with Crippen LogP contribution in [0.3, 0.4) is 0 Å². The molecule has 0 aliphatic carbocycles. The molecule has 2 aromatic carbocycles. The minimum Gasteiger partial charge on any atom is -0.632 e. The summed E-state index contributed by atoms with van der Waals surface area (Å²) in [5, 5.41) is 0. The highest BCUT2D eigenvalue weighted by molar-refractivity contribution is 6.37. The molecule has 1 fully saturated rings. The first kappa shape index (κ1) is 32.3. The summed E-state index contributed by atoms with van der Waals surface area (Å²) in [6, 6.07) is 20.8. The molecule has 217 valence electrons. The zero-order valence-corrected chi connectivity index (χ0v) is 25.6. The lowest BCUT2D eigenvalue weighted by Crippen LogP contribution is -2.25. The van der Waals surface area contributed by atoms with Crippen molar-refractivity contribution >= 4 is 15.1 Å². The van der Waals surface area contributed by atoms with Gasteiger partial charge in [0.15, 0.2) is 0 Å². The van der Waals surface area contributed by atoms with Gasteiger partial charge in [-0.25, -0.2) is 0 Å².